The number of nitrogens with one attached hydrogen (secondary N) is 1. The molecular formula is C21H30FN3O. The molecule has 4 nitrogen and oxygen atoms in total. The van der Waals surface area contributed by atoms with Crippen molar-refractivity contribution in [1.82, 2.24) is 15.1 Å². The van der Waals surface area contributed by atoms with Gasteiger partial charge in [-0.25, -0.2) is 4.39 Å². The van der Waals surface area contributed by atoms with Crippen molar-refractivity contribution in [3.05, 3.63) is 35.6 Å². The molecule has 4 rings (SSSR count). The van der Waals surface area contributed by atoms with Crippen molar-refractivity contribution in [2.45, 2.75) is 57.2 Å². The number of likely N-dealkylation sites (tertiary alicyclic amines) is 2. The van der Waals surface area contributed by atoms with Crippen molar-refractivity contribution >= 4 is 5.91 Å². The molecule has 0 bridgehead atoms. The number of rotatable bonds is 5. The van der Waals surface area contributed by atoms with Crippen molar-refractivity contribution in [3.63, 3.8) is 0 Å². The van der Waals surface area contributed by atoms with E-state index in [0.717, 1.165) is 70.3 Å². The molecule has 0 aromatic heterocycles. The fourth-order valence-electron chi connectivity index (χ4n) is 4.41. The second kappa shape index (κ2) is 8.05. The standard InChI is InChI=1S/C21H30FN3O/c22-20-6-2-1-4-16(20)14-24-12-9-19(10-13-24)25-11-3-5-17(15-25)21(26)23-18-7-8-18/h1-2,4,6,17-19H,3,5,7-15H2,(H,23,26). The number of halogens is 1. The fraction of sp³-hybridized carbons (Fsp3) is 0.667. The van der Waals surface area contributed by atoms with Gasteiger partial charge in [0.1, 0.15) is 5.82 Å². The van der Waals surface area contributed by atoms with Crippen LogP contribution in [0.3, 0.4) is 0 Å². The van der Waals surface area contributed by atoms with Gasteiger partial charge < -0.3 is 5.32 Å². The summed E-state index contributed by atoms with van der Waals surface area (Å²) >= 11 is 0. The van der Waals surface area contributed by atoms with Gasteiger partial charge in [0.2, 0.25) is 5.91 Å². The Morgan fingerprint density at radius 3 is 2.58 bits per heavy atom. The fourth-order valence-corrected chi connectivity index (χ4v) is 4.41. The van der Waals surface area contributed by atoms with Crippen LogP contribution in [-0.2, 0) is 11.3 Å². The van der Waals surface area contributed by atoms with E-state index in [9.17, 15) is 9.18 Å². The summed E-state index contributed by atoms with van der Waals surface area (Å²) in [4.78, 5) is 17.3. The van der Waals surface area contributed by atoms with Gasteiger partial charge in [-0.1, -0.05) is 18.2 Å². The van der Waals surface area contributed by atoms with Crippen LogP contribution in [0.15, 0.2) is 24.3 Å². The third-order valence-corrected chi connectivity index (χ3v) is 6.17. The highest BCUT2D eigenvalue weighted by Crippen LogP contribution is 2.26. The summed E-state index contributed by atoms with van der Waals surface area (Å²) in [5.74, 6) is 0.338. The molecule has 1 saturated carbocycles. The van der Waals surface area contributed by atoms with Crippen LogP contribution in [-0.4, -0.2) is 54.0 Å². The van der Waals surface area contributed by atoms with Gasteiger partial charge in [0.05, 0.1) is 5.92 Å². The predicted octanol–water partition coefficient (Wildman–Crippen LogP) is 2.78. The van der Waals surface area contributed by atoms with Crippen LogP contribution >= 0.6 is 0 Å². The van der Waals surface area contributed by atoms with Crippen LogP contribution in [0.1, 0.15) is 44.1 Å². The first-order valence-electron chi connectivity index (χ1n) is 10.2. The van der Waals surface area contributed by atoms with Crippen LogP contribution in [0, 0.1) is 11.7 Å². The second-order valence-corrected chi connectivity index (χ2v) is 8.22. The summed E-state index contributed by atoms with van der Waals surface area (Å²) in [6.45, 7) is 4.75. The maximum absolute atomic E-state index is 13.9. The van der Waals surface area contributed by atoms with Crippen LogP contribution in [0.4, 0.5) is 4.39 Å². The van der Waals surface area contributed by atoms with Gasteiger partial charge in [-0.2, -0.15) is 0 Å². The molecular weight excluding hydrogens is 329 g/mol. The summed E-state index contributed by atoms with van der Waals surface area (Å²) in [5, 5.41) is 3.18. The lowest BCUT2D eigenvalue weighted by Crippen LogP contribution is -2.50. The Kier molecular flexibility index (Phi) is 5.55. The average molecular weight is 359 g/mol. The van der Waals surface area contributed by atoms with Gasteiger partial charge in [0, 0.05) is 30.7 Å². The average Bonchev–Trinajstić information content (AvgIpc) is 3.48. The summed E-state index contributed by atoms with van der Waals surface area (Å²) in [6, 6.07) is 8.11. The zero-order chi connectivity index (χ0) is 17.9. The Morgan fingerprint density at radius 1 is 1.08 bits per heavy atom. The molecule has 0 spiro atoms. The molecule has 3 aliphatic rings. The summed E-state index contributed by atoms with van der Waals surface area (Å²) in [6.07, 6.45) is 6.70. The summed E-state index contributed by atoms with van der Waals surface area (Å²) in [7, 11) is 0. The largest absolute Gasteiger partial charge is 0.353 e. The molecule has 2 saturated heterocycles. The topological polar surface area (TPSA) is 35.6 Å². The molecule has 26 heavy (non-hydrogen) atoms. The Labute approximate surface area is 155 Å². The minimum Gasteiger partial charge on any atom is -0.353 e. The predicted molar refractivity (Wildman–Crippen MR) is 100 cm³/mol. The minimum absolute atomic E-state index is 0.102. The smallest absolute Gasteiger partial charge is 0.224 e. The molecule has 1 unspecified atom stereocenters. The number of hydrogen-bond acceptors (Lipinski definition) is 3. The first-order chi connectivity index (χ1) is 12.7. The van der Waals surface area contributed by atoms with Gasteiger partial charge in [-0.05, 0) is 64.2 Å². The third kappa shape index (κ3) is 4.44. The second-order valence-electron chi connectivity index (χ2n) is 8.22. The van der Waals surface area contributed by atoms with E-state index in [1.807, 2.05) is 12.1 Å². The lowest BCUT2D eigenvalue weighted by molar-refractivity contribution is -0.127. The maximum atomic E-state index is 13.9. The molecule has 1 atom stereocenters. The Morgan fingerprint density at radius 2 is 1.85 bits per heavy atom. The van der Waals surface area contributed by atoms with Gasteiger partial charge in [0.25, 0.3) is 0 Å². The Balaban J connectivity index is 1.26. The minimum atomic E-state index is -0.102. The van der Waals surface area contributed by atoms with Crippen molar-refractivity contribution < 1.29 is 9.18 Å². The number of carbonyl (C=O) groups is 1. The molecule has 5 heteroatoms. The lowest BCUT2D eigenvalue weighted by atomic mass is 9.93. The van der Waals surface area contributed by atoms with Gasteiger partial charge >= 0.3 is 0 Å². The highest BCUT2D eigenvalue weighted by molar-refractivity contribution is 5.79. The van der Waals surface area contributed by atoms with Gasteiger partial charge in [0.15, 0.2) is 0 Å². The molecule has 1 amide bonds. The molecule has 1 aromatic carbocycles. The van der Waals surface area contributed by atoms with E-state index in [2.05, 4.69) is 15.1 Å². The van der Waals surface area contributed by atoms with E-state index in [1.54, 1.807) is 12.1 Å². The van der Waals surface area contributed by atoms with E-state index < -0.39 is 0 Å². The van der Waals surface area contributed by atoms with Gasteiger partial charge in [-0.3, -0.25) is 14.6 Å². The number of hydrogen-bond donors (Lipinski definition) is 1. The number of piperidine rings is 2. The molecule has 3 fully saturated rings. The van der Waals surface area contributed by atoms with Gasteiger partial charge in [-0.15, -0.1) is 0 Å². The highest BCUT2D eigenvalue weighted by Gasteiger charge is 2.33. The molecule has 0 radical (unpaired) electrons. The van der Waals surface area contributed by atoms with E-state index >= 15 is 0 Å². The SMILES string of the molecule is O=C(NC1CC1)C1CCCN(C2CCN(Cc3ccccc3F)CC2)C1. The van der Waals surface area contributed by atoms with E-state index in [1.165, 1.54) is 0 Å². The lowest BCUT2D eigenvalue weighted by Gasteiger charge is -2.42. The zero-order valence-electron chi connectivity index (χ0n) is 15.5. The first kappa shape index (κ1) is 17.9. The molecule has 1 aliphatic carbocycles. The molecule has 1 N–H and O–H groups in total. The molecule has 2 aliphatic heterocycles. The quantitative estimate of drug-likeness (QED) is 0.878. The Bertz CT molecular complexity index is 625. The van der Waals surface area contributed by atoms with Crippen molar-refractivity contribution in [1.29, 1.82) is 0 Å². The van der Waals surface area contributed by atoms with Crippen molar-refractivity contribution in [2.24, 2.45) is 5.92 Å². The highest BCUT2D eigenvalue weighted by atomic mass is 19.1. The van der Waals surface area contributed by atoms with Crippen LogP contribution in [0.25, 0.3) is 0 Å². The summed E-state index contributed by atoms with van der Waals surface area (Å²) < 4.78 is 13.9. The van der Waals surface area contributed by atoms with Crippen LogP contribution < -0.4 is 5.32 Å². The number of nitrogens with zero attached hydrogens (tertiary/aromatic N) is 2. The van der Waals surface area contributed by atoms with Crippen molar-refractivity contribution in [3.8, 4) is 0 Å². The Hall–Kier alpha value is -1.46. The normalized spacial score (nSPS) is 26.0. The summed E-state index contributed by atoms with van der Waals surface area (Å²) in [5.41, 5.74) is 0.792. The molecule has 1 aromatic rings. The van der Waals surface area contributed by atoms with E-state index in [4.69, 9.17) is 0 Å². The first-order valence-corrected chi connectivity index (χ1v) is 10.2. The molecule has 2 heterocycles. The van der Waals surface area contributed by atoms with E-state index in [0.29, 0.717) is 18.6 Å². The number of carbonyl (C=O) groups excluding carboxylic acids is 1. The monoisotopic (exact) mass is 359 g/mol. The maximum Gasteiger partial charge on any atom is 0.224 e. The van der Waals surface area contributed by atoms with Crippen molar-refractivity contribution in [2.75, 3.05) is 26.2 Å². The van der Waals surface area contributed by atoms with Crippen LogP contribution in [0.5, 0.6) is 0 Å². The number of amides is 1. The number of benzene rings is 1. The molecule has 142 valence electrons. The van der Waals surface area contributed by atoms with E-state index in [-0.39, 0.29) is 17.6 Å². The zero-order valence-corrected chi connectivity index (χ0v) is 15.5. The van der Waals surface area contributed by atoms with Crippen LogP contribution in [0.2, 0.25) is 0 Å². The third-order valence-electron chi connectivity index (χ3n) is 6.17.